The third-order valence-corrected chi connectivity index (χ3v) is 4.82. The van der Waals surface area contributed by atoms with Crippen molar-refractivity contribution in [1.29, 1.82) is 0 Å². The van der Waals surface area contributed by atoms with E-state index in [9.17, 15) is 0 Å². The van der Waals surface area contributed by atoms with E-state index in [1.54, 1.807) is 0 Å². The highest BCUT2D eigenvalue weighted by Gasteiger charge is 2.14. The maximum atomic E-state index is 3.67. The van der Waals surface area contributed by atoms with Gasteiger partial charge in [-0.25, -0.2) is 0 Å². The van der Waals surface area contributed by atoms with Gasteiger partial charge < -0.3 is 5.32 Å². The quantitative estimate of drug-likeness (QED) is 0.653. The van der Waals surface area contributed by atoms with Gasteiger partial charge in [0.25, 0.3) is 0 Å². The predicted molar refractivity (Wildman–Crippen MR) is 88.1 cm³/mol. The van der Waals surface area contributed by atoms with Crippen LogP contribution >= 0.6 is 0 Å². The molecule has 0 heterocycles. The highest BCUT2D eigenvalue weighted by atomic mass is 14.9. The van der Waals surface area contributed by atoms with Crippen molar-refractivity contribution < 1.29 is 0 Å². The molecular formula is C19H31N. The largest absolute Gasteiger partial charge is 0.310 e. The van der Waals surface area contributed by atoms with Gasteiger partial charge in [-0.2, -0.15) is 0 Å². The minimum Gasteiger partial charge on any atom is -0.310 e. The van der Waals surface area contributed by atoms with Gasteiger partial charge in [-0.1, -0.05) is 63.8 Å². The van der Waals surface area contributed by atoms with E-state index in [-0.39, 0.29) is 0 Å². The van der Waals surface area contributed by atoms with Crippen molar-refractivity contribution in [3.05, 3.63) is 35.4 Å². The summed E-state index contributed by atoms with van der Waals surface area (Å²) in [5.74, 6) is 1.65. The summed E-state index contributed by atoms with van der Waals surface area (Å²) in [6, 6.07) is 9.58. The first kappa shape index (κ1) is 15.6. The maximum Gasteiger partial charge on any atom is 0.0291 e. The summed E-state index contributed by atoms with van der Waals surface area (Å²) in [6.45, 7) is 7.93. The fourth-order valence-corrected chi connectivity index (χ4v) is 3.30. The molecule has 2 rings (SSSR count). The number of rotatable bonds is 7. The molecule has 1 N–H and O–H groups in total. The monoisotopic (exact) mass is 273 g/mol. The molecule has 1 aromatic carbocycles. The van der Waals surface area contributed by atoms with Crippen LogP contribution in [0.2, 0.25) is 0 Å². The van der Waals surface area contributed by atoms with Crippen LogP contribution in [0.25, 0.3) is 0 Å². The second-order valence-corrected chi connectivity index (χ2v) is 6.79. The fourth-order valence-electron chi connectivity index (χ4n) is 3.30. The molecule has 1 saturated carbocycles. The molecule has 1 aliphatic carbocycles. The molecule has 1 heteroatoms. The van der Waals surface area contributed by atoms with E-state index >= 15 is 0 Å². The van der Waals surface area contributed by atoms with Crippen molar-refractivity contribution >= 4 is 0 Å². The van der Waals surface area contributed by atoms with Crippen molar-refractivity contribution in [2.45, 2.75) is 71.3 Å². The highest BCUT2D eigenvalue weighted by molar-refractivity contribution is 5.26. The van der Waals surface area contributed by atoms with Gasteiger partial charge in [-0.15, -0.1) is 0 Å². The average molecular weight is 273 g/mol. The Bertz CT molecular complexity index is 373. The van der Waals surface area contributed by atoms with E-state index in [4.69, 9.17) is 0 Å². The van der Waals surface area contributed by atoms with Crippen LogP contribution in [0.4, 0.5) is 0 Å². The molecule has 1 unspecified atom stereocenters. The average Bonchev–Trinajstić information content (AvgIpc) is 2.96. The summed E-state index contributed by atoms with van der Waals surface area (Å²) in [7, 11) is 0. The number of hydrogen-bond acceptors (Lipinski definition) is 1. The van der Waals surface area contributed by atoms with Crippen LogP contribution in [0.15, 0.2) is 24.3 Å². The van der Waals surface area contributed by atoms with E-state index in [1.165, 1.54) is 49.7 Å². The summed E-state index contributed by atoms with van der Waals surface area (Å²) in [4.78, 5) is 0. The molecule has 1 atom stereocenters. The van der Waals surface area contributed by atoms with Crippen molar-refractivity contribution in [3.63, 3.8) is 0 Å². The van der Waals surface area contributed by atoms with Crippen LogP contribution < -0.4 is 5.32 Å². The van der Waals surface area contributed by atoms with Gasteiger partial charge >= 0.3 is 0 Å². The van der Waals surface area contributed by atoms with E-state index in [0.717, 1.165) is 12.5 Å². The smallest absolute Gasteiger partial charge is 0.0291 e. The Labute approximate surface area is 125 Å². The van der Waals surface area contributed by atoms with Crippen LogP contribution in [0.5, 0.6) is 0 Å². The Morgan fingerprint density at radius 2 is 1.60 bits per heavy atom. The zero-order valence-corrected chi connectivity index (χ0v) is 13.5. The third kappa shape index (κ3) is 4.63. The molecule has 1 fully saturated rings. The summed E-state index contributed by atoms with van der Waals surface area (Å²) >= 11 is 0. The van der Waals surface area contributed by atoms with E-state index in [2.05, 4.69) is 50.4 Å². The Morgan fingerprint density at radius 1 is 1.00 bits per heavy atom. The molecule has 1 aliphatic rings. The molecule has 0 spiro atoms. The second-order valence-electron chi connectivity index (χ2n) is 6.79. The van der Waals surface area contributed by atoms with Crippen molar-refractivity contribution in [3.8, 4) is 0 Å². The lowest BCUT2D eigenvalue weighted by molar-refractivity contribution is 0.456. The van der Waals surface area contributed by atoms with Gasteiger partial charge in [-0.3, -0.25) is 0 Å². The molecule has 0 bridgehead atoms. The first-order chi connectivity index (χ1) is 9.66. The number of nitrogens with one attached hydrogen (secondary N) is 1. The SMILES string of the molecule is CC(C)c1ccc(C(C)NCCCC2CCCC2)cc1. The van der Waals surface area contributed by atoms with Gasteiger partial charge in [0, 0.05) is 6.04 Å². The predicted octanol–water partition coefficient (Wildman–Crippen LogP) is 5.43. The van der Waals surface area contributed by atoms with Crippen molar-refractivity contribution in [2.75, 3.05) is 6.54 Å². The molecular weight excluding hydrogens is 242 g/mol. The molecule has 112 valence electrons. The van der Waals surface area contributed by atoms with Gasteiger partial charge in [-0.05, 0) is 49.3 Å². The van der Waals surface area contributed by atoms with Gasteiger partial charge in [0.15, 0.2) is 0 Å². The second kappa shape index (κ2) is 7.83. The van der Waals surface area contributed by atoms with Gasteiger partial charge in [0.05, 0.1) is 0 Å². The molecule has 0 saturated heterocycles. The fraction of sp³-hybridized carbons (Fsp3) is 0.684. The lowest BCUT2D eigenvalue weighted by Gasteiger charge is -2.16. The molecule has 0 amide bonds. The minimum atomic E-state index is 0.472. The van der Waals surface area contributed by atoms with Crippen molar-refractivity contribution in [1.82, 2.24) is 5.32 Å². The normalized spacial score (nSPS) is 17.8. The summed E-state index contributed by atoms with van der Waals surface area (Å²) in [5, 5.41) is 3.67. The standard InChI is InChI=1S/C19H31N/c1-15(2)18-10-12-19(13-11-18)16(3)20-14-6-9-17-7-4-5-8-17/h10-13,15-17,20H,4-9,14H2,1-3H3. The summed E-state index contributed by atoms with van der Waals surface area (Å²) in [6.07, 6.45) is 8.65. The zero-order chi connectivity index (χ0) is 14.4. The van der Waals surface area contributed by atoms with Crippen LogP contribution in [-0.4, -0.2) is 6.54 Å². The lowest BCUT2D eigenvalue weighted by Crippen LogP contribution is -2.20. The maximum absolute atomic E-state index is 3.67. The first-order valence-corrected chi connectivity index (χ1v) is 8.50. The molecule has 1 aromatic rings. The zero-order valence-electron chi connectivity index (χ0n) is 13.5. The van der Waals surface area contributed by atoms with E-state index < -0.39 is 0 Å². The first-order valence-electron chi connectivity index (χ1n) is 8.50. The van der Waals surface area contributed by atoms with Crippen LogP contribution in [0.3, 0.4) is 0 Å². The summed E-state index contributed by atoms with van der Waals surface area (Å²) in [5.41, 5.74) is 2.84. The molecule has 0 radical (unpaired) electrons. The third-order valence-electron chi connectivity index (χ3n) is 4.82. The van der Waals surface area contributed by atoms with Crippen LogP contribution in [-0.2, 0) is 0 Å². The van der Waals surface area contributed by atoms with Crippen LogP contribution in [0.1, 0.15) is 82.4 Å². The number of hydrogen-bond donors (Lipinski definition) is 1. The molecule has 1 nitrogen and oxygen atoms in total. The Morgan fingerprint density at radius 3 is 2.20 bits per heavy atom. The van der Waals surface area contributed by atoms with E-state index in [0.29, 0.717) is 12.0 Å². The topological polar surface area (TPSA) is 12.0 Å². The molecule has 20 heavy (non-hydrogen) atoms. The summed E-state index contributed by atoms with van der Waals surface area (Å²) < 4.78 is 0. The molecule has 0 aromatic heterocycles. The Balaban J connectivity index is 1.69. The molecule has 0 aliphatic heterocycles. The Hall–Kier alpha value is -0.820. The van der Waals surface area contributed by atoms with Crippen LogP contribution in [0, 0.1) is 5.92 Å². The van der Waals surface area contributed by atoms with Crippen molar-refractivity contribution in [2.24, 2.45) is 5.92 Å². The lowest BCUT2D eigenvalue weighted by atomic mass is 9.99. The minimum absolute atomic E-state index is 0.472. The van der Waals surface area contributed by atoms with Gasteiger partial charge in [0.2, 0.25) is 0 Å². The van der Waals surface area contributed by atoms with Gasteiger partial charge in [0.1, 0.15) is 0 Å². The highest BCUT2D eigenvalue weighted by Crippen LogP contribution is 2.28. The Kier molecular flexibility index (Phi) is 6.09. The van der Waals surface area contributed by atoms with E-state index in [1.807, 2.05) is 0 Å². The number of benzene rings is 1.